The number of H-pyrrole nitrogens is 1. The minimum atomic E-state index is 0.140. The van der Waals surface area contributed by atoms with Gasteiger partial charge in [0, 0.05) is 24.3 Å². The van der Waals surface area contributed by atoms with Gasteiger partial charge in [-0.05, 0) is 44.4 Å². The van der Waals surface area contributed by atoms with E-state index < -0.39 is 0 Å². The van der Waals surface area contributed by atoms with Gasteiger partial charge in [0.25, 0.3) is 5.91 Å². The van der Waals surface area contributed by atoms with Crippen molar-refractivity contribution in [1.82, 2.24) is 15.1 Å². The first-order valence-corrected chi connectivity index (χ1v) is 7.11. The standard InChI is InChI=1S/C14H21N3O/c1-10-5-6-12-11(9-10)13(16-15-12)14(18)17-7-3-2-4-8-17/h10H,2-9H2,1H3,(H,15,16)/t10-/m0/s1. The molecule has 0 aromatic carbocycles. The Morgan fingerprint density at radius 3 is 2.89 bits per heavy atom. The van der Waals surface area contributed by atoms with Crippen LogP contribution in [0.15, 0.2) is 0 Å². The van der Waals surface area contributed by atoms with E-state index in [0.29, 0.717) is 11.6 Å². The van der Waals surface area contributed by atoms with Crippen LogP contribution in [0.5, 0.6) is 0 Å². The average Bonchev–Trinajstić information content (AvgIpc) is 2.82. The summed E-state index contributed by atoms with van der Waals surface area (Å²) in [5.74, 6) is 0.810. The number of carbonyl (C=O) groups excluding carboxylic acids is 1. The van der Waals surface area contributed by atoms with Crippen LogP contribution >= 0.6 is 0 Å². The van der Waals surface area contributed by atoms with Crippen molar-refractivity contribution in [3.63, 3.8) is 0 Å². The normalized spacial score (nSPS) is 23.8. The number of aryl methyl sites for hydroxylation is 1. The molecule has 1 aromatic rings. The number of aromatic nitrogens is 2. The predicted octanol–water partition coefficient (Wildman–Crippen LogP) is 2.16. The number of nitrogens with one attached hydrogen (secondary N) is 1. The first-order valence-electron chi connectivity index (χ1n) is 7.11. The topological polar surface area (TPSA) is 49.0 Å². The molecule has 0 unspecified atom stereocenters. The first kappa shape index (κ1) is 11.8. The third kappa shape index (κ3) is 2.04. The van der Waals surface area contributed by atoms with Gasteiger partial charge < -0.3 is 4.90 Å². The molecule has 1 aromatic heterocycles. The Kier molecular flexibility index (Phi) is 3.10. The number of amides is 1. The molecule has 98 valence electrons. The second-order valence-electron chi connectivity index (χ2n) is 5.73. The zero-order valence-corrected chi connectivity index (χ0v) is 11.0. The summed E-state index contributed by atoms with van der Waals surface area (Å²) in [7, 11) is 0. The van der Waals surface area contributed by atoms with Crippen molar-refractivity contribution in [3.8, 4) is 0 Å². The van der Waals surface area contributed by atoms with Crippen molar-refractivity contribution in [3.05, 3.63) is 17.0 Å². The lowest BCUT2D eigenvalue weighted by atomic mass is 9.87. The molecule has 4 nitrogen and oxygen atoms in total. The van der Waals surface area contributed by atoms with Crippen LogP contribution in [0.4, 0.5) is 0 Å². The Bertz CT molecular complexity index is 446. The van der Waals surface area contributed by atoms with Gasteiger partial charge in [0.05, 0.1) is 0 Å². The lowest BCUT2D eigenvalue weighted by Gasteiger charge is -2.27. The number of likely N-dealkylation sites (tertiary alicyclic amines) is 1. The first-order chi connectivity index (χ1) is 8.75. The number of hydrogen-bond acceptors (Lipinski definition) is 2. The predicted molar refractivity (Wildman–Crippen MR) is 69.5 cm³/mol. The maximum atomic E-state index is 12.5. The van der Waals surface area contributed by atoms with E-state index >= 15 is 0 Å². The molecular formula is C14H21N3O. The number of nitrogens with zero attached hydrogens (tertiary/aromatic N) is 2. The zero-order chi connectivity index (χ0) is 12.5. The van der Waals surface area contributed by atoms with Gasteiger partial charge in [0.2, 0.25) is 0 Å². The zero-order valence-electron chi connectivity index (χ0n) is 11.0. The summed E-state index contributed by atoms with van der Waals surface area (Å²) < 4.78 is 0. The van der Waals surface area contributed by atoms with Gasteiger partial charge in [-0.25, -0.2) is 0 Å². The fourth-order valence-corrected chi connectivity index (χ4v) is 3.09. The van der Waals surface area contributed by atoms with Gasteiger partial charge in [-0.3, -0.25) is 9.89 Å². The van der Waals surface area contributed by atoms with Crippen molar-refractivity contribution in [2.24, 2.45) is 5.92 Å². The molecule has 1 aliphatic heterocycles. The van der Waals surface area contributed by atoms with Crippen molar-refractivity contribution >= 4 is 5.91 Å². The lowest BCUT2D eigenvalue weighted by Crippen LogP contribution is -2.36. The molecule has 3 rings (SSSR count). The average molecular weight is 247 g/mol. The SMILES string of the molecule is C[C@H]1CCc2[nH]nc(C(=O)N3CCCCC3)c2C1. The van der Waals surface area contributed by atoms with Gasteiger partial charge in [-0.1, -0.05) is 6.92 Å². The molecule has 1 atom stereocenters. The number of aromatic amines is 1. The second kappa shape index (κ2) is 4.75. The van der Waals surface area contributed by atoms with Crippen LogP contribution in [0.25, 0.3) is 0 Å². The van der Waals surface area contributed by atoms with Crippen LogP contribution in [0.2, 0.25) is 0 Å². The van der Waals surface area contributed by atoms with E-state index in [0.717, 1.165) is 38.8 Å². The van der Waals surface area contributed by atoms with E-state index in [9.17, 15) is 4.79 Å². The highest BCUT2D eigenvalue weighted by Gasteiger charge is 2.28. The quantitative estimate of drug-likeness (QED) is 0.826. The third-order valence-electron chi connectivity index (χ3n) is 4.24. The summed E-state index contributed by atoms with van der Waals surface area (Å²) in [5, 5.41) is 7.36. The largest absolute Gasteiger partial charge is 0.337 e. The number of piperidine rings is 1. The Balaban J connectivity index is 1.83. The summed E-state index contributed by atoms with van der Waals surface area (Å²) in [6.07, 6.45) is 6.76. The van der Waals surface area contributed by atoms with E-state index in [4.69, 9.17) is 0 Å². The number of hydrogen-bond donors (Lipinski definition) is 1. The molecule has 4 heteroatoms. The molecule has 1 saturated heterocycles. The fourth-order valence-electron chi connectivity index (χ4n) is 3.09. The molecule has 0 spiro atoms. The molecular weight excluding hydrogens is 226 g/mol. The summed E-state index contributed by atoms with van der Waals surface area (Å²) in [4.78, 5) is 14.5. The van der Waals surface area contributed by atoms with Crippen molar-refractivity contribution < 1.29 is 4.79 Å². The molecule has 1 amide bonds. The van der Waals surface area contributed by atoms with Crippen molar-refractivity contribution in [2.75, 3.05) is 13.1 Å². The Morgan fingerprint density at radius 1 is 1.33 bits per heavy atom. The Morgan fingerprint density at radius 2 is 2.11 bits per heavy atom. The molecule has 0 saturated carbocycles. The van der Waals surface area contributed by atoms with E-state index in [1.165, 1.54) is 24.1 Å². The van der Waals surface area contributed by atoms with E-state index in [1.54, 1.807) is 0 Å². The van der Waals surface area contributed by atoms with Gasteiger partial charge in [-0.15, -0.1) is 0 Å². The highest BCUT2D eigenvalue weighted by Crippen LogP contribution is 2.27. The van der Waals surface area contributed by atoms with Crippen LogP contribution in [0.1, 0.15) is 54.4 Å². The van der Waals surface area contributed by atoms with Gasteiger partial charge >= 0.3 is 0 Å². The summed E-state index contributed by atoms with van der Waals surface area (Å²) >= 11 is 0. The number of carbonyl (C=O) groups is 1. The van der Waals surface area contributed by atoms with E-state index in [-0.39, 0.29) is 5.91 Å². The second-order valence-corrected chi connectivity index (χ2v) is 5.73. The molecule has 1 N–H and O–H groups in total. The van der Waals surface area contributed by atoms with Crippen LogP contribution in [0.3, 0.4) is 0 Å². The smallest absolute Gasteiger partial charge is 0.274 e. The molecule has 2 aliphatic rings. The maximum absolute atomic E-state index is 12.5. The molecule has 2 heterocycles. The Labute approximate surface area is 108 Å². The minimum absolute atomic E-state index is 0.140. The van der Waals surface area contributed by atoms with Gasteiger partial charge in [0.15, 0.2) is 5.69 Å². The van der Waals surface area contributed by atoms with Crippen LogP contribution < -0.4 is 0 Å². The number of rotatable bonds is 1. The Hall–Kier alpha value is -1.32. The lowest BCUT2D eigenvalue weighted by molar-refractivity contribution is 0.0717. The molecule has 0 radical (unpaired) electrons. The molecule has 1 aliphatic carbocycles. The van der Waals surface area contributed by atoms with Crippen molar-refractivity contribution in [1.29, 1.82) is 0 Å². The van der Waals surface area contributed by atoms with Crippen molar-refractivity contribution in [2.45, 2.75) is 45.4 Å². The van der Waals surface area contributed by atoms with Crippen LogP contribution in [0, 0.1) is 5.92 Å². The van der Waals surface area contributed by atoms with Crippen LogP contribution in [-0.2, 0) is 12.8 Å². The summed E-state index contributed by atoms with van der Waals surface area (Å²) in [6, 6.07) is 0. The monoisotopic (exact) mass is 247 g/mol. The fraction of sp³-hybridized carbons (Fsp3) is 0.714. The summed E-state index contributed by atoms with van der Waals surface area (Å²) in [5.41, 5.74) is 3.07. The van der Waals surface area contributed by atoms with Gasteiger partial charge in [0.1, 0.15) is 0 Å². The maximum Gasteiger partial charge on any atom is 0.274 e. The van der Waals surface area contributed by atoms with Crippen LogP contribution in [-0.4, -0.2) is 34.1 Å². The summed E-state index contributed by atoms with van der Waals surface area (Å²) in [6.45, 7) is 4.05. The van der Waals surface area contributed by atoms with E-state index in [2.05, 4.69) is 17.1 Å². The minimum Gasteiger partial charge on any atom is -0.337 e. The third-order valence-corrected chi connectivity index (χ3v) is 4.24. The highest BCUT2D eigenvalue weighted by atomic mass is 16.2. The molecule has 0 bridgehead atoms. The highest BCUT2D eigenvalue weighted by molar-refractivity contribution is 5.94. The molecule has 1 fully saturated rings. The van der Waals surface area contributed by atoms with Gasteiger partial charge in [-0.2, -0.15) is 5.10 Å². The molecule has 18 heavy (non-hydrogen) atoms. The number of fused-ring (bicyclic) bond motifs is 1. The van der Waals surface area contributed by atoms with E-state index in [1.807, 2.05) is 4.90 Å².